The summed E-state index contributed by atoms with van der Waals surface area (Å²) in [5.41, 5.74) is 0.253. The number of ether oxygens (including phenoxy) is 2. The molecule has 0 aliphatic carbocycles. The van der Waals surface area contributed by atoms with Crippen LogP contribution >= 0.6 is 0 Å². The van der Waals surface area contributed by atoms with E-state index in [-0.39, 0.29) is 36.9 Å². The molecule has 0 saturated carbocycles. The fourth-order valence-electron chi connectivity index (χ4n) is 3.06. The highest BCUT2D eigenvalue weighted by atomic mass is 19.4. The second kappa shape index (κ2) is 8.96. The molecule has 0 bridgehead atoms. The van der Waals surface area contributed by atoms with Crippen molar-refractivity contribution in [2.75, 3.05) is 26.7 Å². The molecule has 1 fully saturated rings. The van der Waals surface area contributed by atoms with Gasteiger partial charge in [0.2, 0.25) is 5.91 Å². The molecular formula is C18H23F3N2O4. The minimum absolute atomic E-state index is 0.0268. The summed E-state index contributed by atoms with van der Waals surface area (Å²) in [4.78, 5) is 27.4. The zero-order chi connectivity index (χ0) is 20.0. The maximum absolute atomic E-state index is 12.7. The van der Waals surface area contributed by atoms with Crippen LogP contribution < -0.4 is 4.74 Å². The molecule has 1 atom stereocenters. The highest BCUT2D eigenvalue weighted by Gasteiger charge is 2.33. The first-order chi connectivity index (χ1) is 12.7. The topological polar surface area (TPSA) is 59.1 Å². The van der Waals surface area contributed by atoms with Gasteiger partial charge in [0.05, 0.1) is 12.5 Å². The minimum Gasteiger partial charge on any atom is -0.450 e. The fourth-order valence-corrected chi connectivity index (χ4v) is 3.06. The molecule has 1 aliphatic rings. The molecule has 1 heterocycles. The molecule has 2 rings (SSSR count). The van der Waals surface area contributed by atoms with Crippen LogP contribution in [0.15, 0.2) is 24.3 Å². The number of hydrogen-bond acceptors (Lipinski definition) is 4. The molecule has 1 aromatic rings. The van der Waals surface area contributed by atoms with Crippen LogP contribution in [0.1, 0.15) is 25.3 Å². The first-order valence-electron chi connectivity index (χ1n) is 8.71. The van der Waals surface area contributed by atoms with Crippen molar-refractivity contribution in [1.82, 2.24) is 9.80 Å². The number of carbonyl (C=O) groups is 2. The second-order valence-corrected chi connectivity index (χ2v) is 6.33. The number of likely N-dealkylation sites (tertiary alicyclic amines) is 1. The summed E-state index contributed by atoms with van der Waals surface area (Å²) in [7, 11) is 1.52. The van der Waals surface area contributed by atoms with Gasteiger partial charge in [-0.25, -0.2) is 4.79 Å². The van der Waals surface area contributed by atoms with Gasteiger partial charge in [0, 0.05) is 32.2 Å². The number of nitrogens with zero attached hydrogens (tertiary/aromatic N) is 2. The average molecular weight is 388 g/mol. The quantitative estimate of drug-likeness (QED) is 0.776. The largest absolute Gasteiger partial charge is 0.573 e. The van der Waals surface area contributed by atoms with Crippen molar-refractivity contribution >= 4 is 12.0 Å². The smallest absolute Gasteiger partial charge is 0.450 e. The zero-order valence-electron chi connectivity index (χ0n) is 15.3. The molecule has 1 unspecified atom stereocenters. The molecule has 27 heavy (non-hydrogen) atoms. The Balaban J connectivity index is 2.02. The lowest BCUT2D eigenvalue weighted by molar-refractivity contribution is -0.275. The normalized spacial score (nSPS) is 17.4. The van der Waals surface area contributed by atoms with Crippen molar-refractivity contribution in [1.29, 1.82) is 0 Å². The summed E-state index contributed by atoms with van der Waals surface area (Å²) in [6.45, 7) is 2.70. The van der Waals surface area contributed by atoms with Gasteiger partial charge in [0.25, 0.3) is 0 Å². The van der Waals surface area contributed by atoms with E-state index in [2.05, 4.69) is 4.74 Å². The third kappa shape index (κ3) is 6.04. The maximum atomic E-state index is 12.7. The van der Waals surface area contributed by atoms with E-state index in [1.54, 1.807) is 13.0 Å². The van der Waals surface area contributed by atoms with Gasteiger partial charge < -0.3 is 19.3 Å². The SMILES string of the molecule is CCOC(=O)N1CCCC(C(=O)N(C)Cc2ccccc2OC(F)(F)F)C1. The van der Waals surface area contributed by atoms with Crippen molar-refractivity contribution in [3.8, 4) is 5.75 Å². The Labute approximate surface area is 155 Å². The molecule has 150 valence electrons. The predicted molar refractivity (Wildman–Crippen MR) is 90.9 cm³/mol. The van der Waals surface area contributed by atoms with Crippen LogP contribution in [0, 0.1) is 5.92 Å². The van der Waals surface area contributed by atoms with Crippen molar-refractivity contribution in [3.05, 3.63) is 29.8 Å². The monoisotopic (exact) mass is 388 g/mol. The minimum atomic E-state index is -4.80. The summed E-state index contributed by atoms with van der Waals surface area (Å²) in [6.07, 6.45) is -3.99. The molecule has 6 nitrogen and oxygen atoms in total. The summed E-state index contributed by atoms with van der Waals surface area (Å²) in [6, 6.07) is 5.71. The number of halogens is 3. The van der Waals surface area contributed by atoms with Gasteiger partial charge in [0.1, 0.15) is 5.75 Å². The average Bonchev–Trinajstić information content (AvgIpc) is 2.62. The van der Waals surface area contributed by atoms with Gasteiger partial charge in [-0.2, -0.15) is 0 Å². The van der Waals surface area contributed by atoms with Crippen molar-refractivity contribution < 1.29 is 32.2 Å². The number of carbonyl (C=O) groups excluding carboxylic acids is 2. The van der Waals surface area contributed by atoms with Crippen LogP contribution in [0.3, 0.4) is 0 Å². The first kappa shape index (κ1) is 20.9. The van der Waals surface area contributed by atoms with E-state index in [0.717, 1.165) is 0 Å². The summed E-state index contributed by atoms with van der Waals surface area (Å²) in [5, 5.41) is 0. The number of hydrogen-bond donors (Lipinski definition) is 0. The predicted octanol–water partition coefficient (Wildman–Crippen LogP) is 3.41. The zero-order valence-corrected chi connectivity index (χ0v) is 15.3. The highest BCUT2D eigenvalue weighted by molar-refractivity contribution is 5.80. The third-order valence-electron chi connectivity index (χ3n) is 4.28. The summed E-state index contributed by atoms with van der Waals surface area (Å²) >= 11 is 0. The van der Waals surface area contributed by atoms with E-state index in [4.69, 9.17) is 4.74 Å². The maximum Gasteiger partial charge on any atom is 0.573 e. The molecule has 1 aliphatic heterocycles. The molecule has 0 aromatic heterocycles. The number of piperidine rings is 1. The molecule has 1 saturated heterocycles. The van der Waals surface area contributed by atoms with Crippen molar-refractivity contribution in [2.45, 2.75) is 32.7 Å². The standard InChI is InChI=1S/C18H23F3N2O4/c1-3-26-17(25)23-10-6-8-14(12-23)16(24)22(2)11-13-7-4-5-9-15(13)27-18(19,20)21/h4-5,7,9,14H,3,6,8,10-12H2,1-2H3. The van der Waals surface area contributed by atoms with Gasteiger partial charge in [-0.1, -0.05) is 18.2 Å². The highest BCUT2D eigenvalue weighted by Crippen LogP contribution is 2.28. The van der Waals surface area contributed by atoms with E-state index in [1.807, 2.05) is 0 Å². The van der Waals surface area contributed by atoms with E-state index in [9.17, 15) is 22.8 Å². The van der Waals surface area contributed by atoms with E-state index in [1.165, 1.54) is 35.0 Å². The van der Waals surface area contributed by atoms with E-state index >= 15 is 0 Å². The molecule has 2 amide bonds. The second-order valence-electron chi connectivity index (χ2n) is 6.33. The van der Waals surface area contributed by atoms with Crippen LogP contribution in [0.5, 0.6) is 5.75 Å². The Morgan fingerprint density at radius 2 is 2.00 bits per heavy atom. The number of alkyl halides is 3. The van der Waals surface area contributed by atoms with E-state index in [0.29, 0.717) is 19.4 Å². The molecule has 9 heteroatoms. The van der Waals surface area contributed by atoms with Gasteiger partial charge in [0.15, 0.2) is 0 Å². The lowest BCUT2D eigenvalue weighted by Gasteiger charge is -2.33. The van der Waals surface area contributed by atoms with E-state index < -0.39 is 18.4 Å². The summed E-state index contributed by atoms with van der Waals surface area (Å²) in [5.74, 6) is -0.976. The van der Waals surface area contributed by atoms with Crippen LogP contribution in [0.25, 0.3) is 0 Å². The Hall–Kier alpha value is -2.45. The number of benzene rings is 1. The van der Waals surface area contributed by atoms with Crippen LogP contribution in [0.2, 0.25) is 0 Å². The number of para-hydroxylation sites is 1. The Bertz CT molecular complexity index is 666. The van der Waals surface area contributed by atoms with Crippen LogP contribution in [-0.4, -0.2) is 54.9 Å². The van der Waals surface area contributed by atoms with Gasteiger partial charge in [-0.3, -0.25) is 4.79 Å². The Morgan fingerprint density at radius 1 is 1.30 bits per heavy atom. The summed E-state index contributed by atoms with van der Waals surface area (Å²) < 4.78 is 46.6. The Morgan fingerprint density at radius 3 is 2.67 bits per heavy atom. The van der Waals surface area contributed by atoms with Crippen molar-refractivity contribution in [2.24, 2.45) is 5.92 Å². The first-order valence-corrected chi connectivity index (χ1v) is 8.71. The van der Waals surface area contributed by atoms with Crippen LogP contribution in [0.4, 0.5) is 18.0 Å². The van der Waals surface area contributed by atoms with Gasteiger partial charge >= 0.3 is 12.5 Å². The third-order valence-corrected chi connectivity index (χ3v) is 4.28. The molecule has 0 radical (unpaired) electrons. The van der Waals surface area contributed by atoms with Gasteiger partial charge in [-0.05, 0) is 25.8 Å². The van der Waals surface area contributed by atoms with Crippen LogP contribution in [-0.2, 0) is 16.1 Å². The lowest BCUT2D eigenvalue weighted by Crippen LogP contribution is -2.46. The molecule has 1 aromatic carbocycles. The Kier molecular flexibility index (Phi) is 6.92. The fraction of sp³-hybridized carbons (Fsp3) is 0.556. The molecule has 0 spiro atoms. The molecular weight excluding hydrogens is 365 g/mol. The van der Waals surface area contributed by atoms with Crippen molar-refractivity contribution in [3.63, 3.8) is 0 Å². The molecule has 0 N–H and O–H groups in total. The lowest BCUT2D eigenvalue weighted by atomic mass is 9.96. The number of rotatable bonds is 5. The number of amides is 2. The van der Waals surface area contributed by atoms with Gasteiger partial charge in [-0.15, -0.1) is 13.2 Å².